The van der Waals surface area contributed by atoms with Crippen LogP contribution in [0.1, 0.15) is 25.2 Å². The van der Waals surface area contributed by atoms with Gasteiger partial charge in [0.05, 0.1) is 6.54 Å². The molecular weight excluding hydrogens is 300 g/mol. The molecule has 0 spiro atoms. The van der Waals surface area contributed by atoms with Crippen molar-refractivity contribution in [3.05, 3.63) is 35.2 Å². The molecule has 0 radical (unpaired) electrons. The third kappa shape index (κ3) is 3.85. The van der Waals surface area contributed by atoms with Crippen molar-refractivity contribution in [1.29, 1.82) is 0 Å². The van der Waals surface area contributed by atoms with Gasteiger partial charge in [0, 0.05) is 16.6 Å². The molecule has 1 fully saturated rings. The van der Waals surface area contributed by atoms with Crippen molar-refractivity contribution < 1.29 is 4.52 Å². The summed E-state index contributed by atoms with van der Waals surface area (Å²) in [5, 5.41) is 8.20. The number of benzene rings is 1. The van der Waals surface area contributed by atoms with Gasteiger partial charge in [0.25, 0.3) is 0 Å². The Hall–Kier alpha value is -1.43. The van der Waals surface area contributed by atoms with E-state index in [2.05, 4.69) is 27.4 Å². The lowest BCUT2D eigenvalue weighted by atomic mass is 10.1. The number of halogens is 1. The van der Waals surface area contributed by atoms with Gasteiger partial charge in [-0.2, -0.15) is 4.98 Å². The van der Waals surface area contributed by atoms with E-state index in [0.29, 0.717) is 29.3 Å². The van der Waals surface area contributed by atoms with Gasteiger partial charge in [-0.05, 0) is 63.7 Å². The second kappa shape index (κ2) is 7.22. The van der Waals surface area contributed by atoms with Crippen molar-refractivity contribution in [3.8, 4) is 11.4 Å². The summed E-state index contributed by atoms with van der Waals surface area (Å²) in [6, 6.07) is 8.03. The quantitative estimate of drug-likeness (QED) is 0.938. The molecule has 2 aromatic rings. The molecule has 0 bridgehead atoms. The highest BCUT2D eigenvalue weighted by Gasteiger charge is 2.19. The monoisotopic (exact) mass is 320 g/mol. The zero-order valence-electron chi connectivity index (χ0n) is 12.8. The van der Waals surface area contributed by atoms with Gasteiger partial charge in [-0.25, -0.2) is 0 Å². The number of rotatable bonds is 4. The van der Waals surface area contributed by atoms with Gasteiger partial charge >= 0.3 is 0 Å². The van der Waals surface area contributed by atoms with E-state index in [0.717, 1.165) is 25.1 Å². The maximum Gasteiger partial charge on any atom is 0.241 e. The number of aromatic nitrogens is 2. The first-order chi connectivity index (χ1) is 10.7. The summed E-state index contributed by atoms with van der Waals surface area (Å²) in [6.07, 6.45) is 3.59. The van der Waals surface area contributed by atoms with Crippen LogP contribution in [-0.4, -0.2) is 41.2 Å². The molecule has 118 valence electrons. The first kappa shape index (κ1) is 15.5. The molecule has 6 heteroatoms. The van der Waals surface area contributed by atoms with E-state index in [-0.39, 0.29) is 0 Å². The van der Waals surface area contributed by atoms with Gasteiger partial charge in [0.15, 0.2) is 0 Å². The second-order valence-electron chi connectivity index (χ2n) is 5.77. The molecule has 0 aliphatic carbocycles. The smallest absolute Gasteiger partial charge is 0.241 e. The van der Waals surface area contributed by atoms with E-state index in [4.69, 9.17) is 16.1 Å². The molecule has 5 nitrogen and oxygen atoms in total. The molecule has 0 saturated carbocycles. The third-order valence-corrected chi connectivity index (χ3v) is 4.38. The van der Waals surface area contributed by atoms with Crippen molar-refractivity contribution in [1.82, 2.24) is 20.4 Å². The summed E-state index contributed by atoms with van der Waals surface area (Å²) < 4.78 is 5.39. The third-order valence-electron chi connectivity index (χ3n) is 4.12. The Kier molecular flexibility index (Phi) is 5.08. The molecule has 1 saturated heterocycles. The van der Waals surface area contributed by atoms with Crippen LogP contribution < -0.4 is 5.32 Å². The molecule has 1 aliphatic heterocycles. The van der Waals surface area contributed by atoms with Crippen molar-refractivity contribution in [2.24, 2.45) is 0 Å². The second-order valence-corrected chi connectivity index (χ2v) is 6.20. The van der Waals surface area contributed by atoms with E-state index >= 15 is 0 Å². The Morgan fingerprint density at radius 3 is 2.91 bits per heavy atom. The molecule has 0 amide bonds. The molecule has 3 rings (SSSR count). The van der Waals surface area contributed by atoms with Crippen LogP contribution in [0, 0.1) is 0 Å². The van der Waals surface area contributed by atoms with E-state index in [1.54, 1.807) is 0 Å². The van der Waals surface area contributed by atoms with Crippen LogP contribution >= 0.6 is 11.6 Å². The van der Waals surface area contributed by atoms with Crippen LogP contribution in [0.2, 0.25) is 5.02 Å². The topological polar surface area (TPSA) is 54.2 Å². The van der Waals surface area contributed by atoms with Crippen LogP contribution in [0.4, 0.5) is 0 Å². The number of hydrogen-bond acceptors (Lipinski definition) is 5. The van der Waals surface area contributed by atoms with Crippen molar-refractivity contribution >= 4 is 11.6 Å². The lowest BCUT2D eigenvalue weighted by Crippen LogP contribution is -2.32. The van der Waals surface area contributed by atoms with Gasteiger partial charge in [-0.3, -0.25) is 4.90 Å². The van der Waals surface area contributed by atoms with Gasteiger partial charge < -0.3 is 9.84 Å². The Bertz CT molecular complexity index is 590. The van der Waals surface area contributed by atoms with Gasteiger partial charge in [-0.15, -0.1) is 0 Å². The molecule has 1 atom stereocenters. The average Bonchev–Trinajstić information content (AvgIpc) is 2.81. The Morgan fingerprint density at radius 2 is 2.09 bits per heavy atom. The minimum Gasteiger partial charge on any atom is -0.338 e. The number of hydrogen-bond donors (Lipinski definition) is 1. The molecule has 1 aliphatic rings. The van der Waals surface area contributed by atoms with Gasteiger partial charge in [0.1, 0.15) is 0 Å². The Morgan fingerprint density at radius 1 is 1.27 bits per heavy atom. The van der Waals surface area contributed by atoms with Crippen LogP contribution in [0.3, 0.4) is 0 Å². The standard InChI is InChI=1S/C16H21ClN4O/c1-21(14-3-2-9-18-10-8-14)11-15-19-16(20-22-15)12-4-6-13(17)7-5-12/h4-7,14,18H,2-3,8-11H2,1H3. The highest BCUT2D eigenvalue weighted by molar-refractivity contribution is 6.30. The predicted molar refractivity (Wildman–Crippen MR) is 86.7 cm³/mol. The fourth-order valence-electron chi connectivity index (χ4n) is 2.82. The molecular formula is C16H21ClN4O. The number of nitrogens with one attached hydrogen (secondary N) is 1. The SMILES string of the molecule is CN(Cc1nc(-c2ccc(Cl)cc2)no1)C1CCCNCC1. The summed E-state index contributed by atoms with van der Waals surface area (Å²) in [6.45, 7) is 2.88. The fourth-order valence-corrected chi connectivity index (χ4v) is 2.95. The van der Waals surface area contributed by atoms with Crippen LogP contribution in [-0.2, 0) is 6.54 Å². The van der Waals surface area contributed by atoms with Crippen molar-refractivity contribution in [2.75, 3.05) is 20.1 Å². The Balaban J connectivity index is 1.64. The molecule has 1 N–H and O–H groups in total. The van der Waals surface area contributed by atoms with Crippen molar-refractivity contribution in [2.45, 2.75) is 31.8 Å². The minimum atomic E-state index is 0.570. The first-order valence-electron chi connectivity index (χ1n) is 7.72. The van der Waals surface area contributed by atoms with Crippen molar-refractivity contribution in [3.63, 3.8) is 0 Å². The lowest BCUT2D eigenvalue weighted by molar-refractivity contribution is 0.190. The van der Waals surface area contributed by atoms with Crippen LogP contribution in [0.5, 0.6) is 0 Å². The zero-order valence-corrected chi connectivity index (χ0v) is 13.5. The maximum absolute atomic E-state index is 5.90. The summed E-state index contributed by atoms with van der Waals surface area (Å²) in [4.78, 5) is 6.80. The zero-order chi connectivity index (χ0) is 15.4. The normalized spacial score (nSPS) is 19.3. The van der Waals surface area contributed by atoms with E-state index in [1.165, 1.54) is 12.8 Å². The lowest BCUT2D eigenvalue weighted by Gasteiger charge is -2.25. The number of nitrogens with zero attached hydrogens (tertiary/aromatic N) is 3. The van der Waals surface area contributed by atoms with Crippen LogP contribution in [0.15, 0.2) is 28.8 Å². The first-order valence-corrected chi connectivity index (χ1v) is 8.09. The van der Waals surface area contributed by atoms with E-state index in [1.807, 2.05) is 24.3 Å². The highest BCUT2D eigenvalue weighted by atomic mass is 35.5. The molecule has 1 aromatic heterocycles. The van der Waals surface area contributed by atoms with Gasteiger partial charge in [-0.1, -0.05) is 16.8 Å². The Labute approximate surface area is 135 Å². The molecule has 2 heterocycles. The van der Waals surface area contributed by atoms with E-state index in [9.17, 15) is 0 Å². The molecule has 1 aromatic carbocycles. The summed E-state index contributed by atoms with van der Waals surface area (Å²) in [5.41, 5.74) is 0.917. The molecule has 1 unspecified atom stereocenters. The predicted octanol–water partition coefficient (Wildman–Crippen LogP) is 2.96. The minimum absolute atomic E-state index is 0.570. The summed E-state index contributed by atoms with van der Waals surface area (Å²) in [5.74, 6) is 1.27. The summed E-state index contributed by atoms with van der Waals surface area (Å²) in [7, 11) is 2.13. The summed E-state index contributed by atoms with van der Waals surface area (Å²) >= 11 is 5.90. The maximum atomic E-state index is 5.90. The van der Waals surface area contributed by atoms with Gasteiger partial charge in [0.2, 0.25) is 11.7 Å². The largest absolute Gasteiger partial charge is 0.338 e. The average molecular weight is 321 g/mol. The highest BCUT2D eigenvalue weighted by Crippen LogP contribution is 2.20. The fraction of sp³-hybridized carbons (Fsp3) is 0.500. The molecule has 22 heavy (non-hydrogen) atoms. The van der Waals surface area contributed by atoms with Crippen LogP contribution in [0.25, 0.3) is 11.4 Å². The van der Waals surface area contributed by atoms with E-state index < -0.39 is 0 Å².